The van der Waals surface area contributed by atoms with Crippen molar-refractivity contribution in [2.75, 3.05) is 7.11 Å². The van der Waals surface area contributed by atoms with E-state index in [9.17, 15) is 20.0 Å². The zero-order chi connectivity index (χ0) is 24.1. The average molecular weight is 455 g/mol. The van der Waals surface area contributed by atoms with Gasteiger partial charge in [0.2, 0.25) is 0 Å². The number of phenols is 1. The maximum absolute atomic E-state index is 13.2. The van der Waals surface area contributed by atoms with E-state index >= 15 is 0 Å². The number of nitro benzene ring substituents is 1. The Labute approximate surface area is 194 Å². The Morgan fingerprint density at radius 2 is 1.71 bits per heavy atom. The van der Waals surface area contributed by atoms with Crippen LogP contribution in [0.1, 0.15) is 16.7 Å². The van der Waals surface area contributed by atoms with Crippen LogP contribution in [0.25, 0.3) is 30.2 Å². The van der Waals surface area contributed by atoms with Gasteiger partial charge in [-0.3, -0.25) is 20.0 Å². The van der Waals surface area contributed by atoms with Gasteiger partial charge in [-0.15, -0.1) is 0 Å². The van der Waals surface area contributed by atoms with Crippen molar-refractivity contribution >= 4 is 30.2 Å². The summed E-state index contributed by atoms with van der Waals surface area (Å²) in [6, 6.07) is 20.5. The molecule has 8 heteroatoms. The molecule has 0 unspecified atom stereocenters. The molecule has 0 amide bonds. The van der Waals surface area contributed by atoms with Crippen LogP contribution in [0.3, 0.4) is 0 Å². The first kappa shape index (κ1) is 22.3. The number of aromatic nitrogens is 2. The Bertz CT molecular complexity index is 1530. The molecule has 4 aromatic rings. The molecule has 2 N–H and O–H groups in total. The number of benzene rings is 3. The van der Waals surface area contributed by atoms with Gasteiger partial charge in [0.15, 0.2) is 0 Å². The minimum atomic E-state index is -0.507. The minimum absolute atomic E-state index is 0.0164. The van der Waals surface area contributed by atoms with Crippen molar-refractivity contribution < 1.29 is 14.8 Å². The number of aromatic hydroxyl groups is 1. The van der Waals surface area contributed by atoms with Gasteiger partial charge in [0.25, 0.3) is 11.2 Å². The number of nitro groups is 1. The minimum Gasteiger partial charge on any atom is -0.507 e. The van der Waals surface area contributed by atoms with Crippen LogP contribution in [-0.4, -0.2) is 26.9 Å². The predicted molar refractivity (Wildman–Crippen MR) is 131 cm³/mol. The fraction of sp³-hybridized carbons (Fsp3) is 0.0385. The van der Waals surface area contributed by atoms with Gasteiger partial charge in [-0.05, 0) is 41.5 Å². The van der Waals surface area contributed by atoms with E-state index in [1.54, 1.807) is 24.3 Å². The van der Waals surface area contributed by atoms with Crippen LogP contribution in [0.5, 0.6) is 5.75 Å². The van der Waals surface area contributed by atoms with E-state index in [0.717, 1.165) is 11.1 Å². The van der Waals surface area contributed by atoms with Crippen molar-refractivity contribution in [3.8, 4) is 11.4 Å². The number of rotatable bonds is 6. The summed E-state index contributed by atoms with van der Waals surface area (Å²) in [5, 5.41) is 24.9. The number of ether oxygens (including phenoxy) is 1. The van der Waals surface area contributed by atoms with Gasteiger partial charge in [0.1, 0.15) is 17.4 Å². The van der Waals surface area contributed by atoms with Crippen LogP contribution < -0.4 is 16.1 Å². The number of H-pyrrole nitrogens is 1. The third-order valence-electron chi connectivity index (χ3n) is 5.13. The zero-order valence-electron chi connectivity index (χ0n) is 18.2. The second-order valence-corrected chi connectivity index (χ2v) is 7.41. The summed E-state index contributed by atoms with van der Waals surface area (Å²) in [5.74, 6) is 0.0164. The molecule has 0 aliphatic carbocycles. The second-order valence-electron chi connectivity index (χ2n) is 7.41. The molecule has 0 spiro atoms. The van der Waals surface area contributed by atoms with E-state index in [1.165, 1.54) is 42.3 Å². The lowest BCUT2D eigenvalue weighted by molar-refractivity contribution is -0.384. The molecular weight excluding hydrogens is 434 g/mol. The van der Waals surface area contributed by atoms with Gasteiger partial charge in [-0.25, -0.2) is 4.68 Å². The van der Waals surface area contributed by atoms with Crippen LogP contribution in [0, 0.1) is 10.1 Å². The normalized spacial score (nSPS) is 12.4. The number of hydrogen-bond acceptors (Lipinski definition) is 5. The molecule has 170 valence electrons. The highest BCUT2D eigenvalue weighted by Gasteiger charge is 2.10. The number of non-ortho nitro benzene ring substituents is 1. The van der Waals surface area contributed by atoms with Gasteiger partial charge < -0.3 is 9.84 Å². The quantitative estimate of drug-likeness (QED) is 0.264. The van der Waals surface area contributed by atoms with Crippen molar-refractivity contribution in [2.24, 2.45) is 0 Å². The molecule has 34 heavy (non-hydrogen) atoms. The third kappa shape index (κ3) is 4.81. The molecule has 8 nitrogen and oxygen atoms in total. The van der Waals surface area contributed by atoms with Gasteiger partial charge in [0.05, 0.1) is 22.9 Å². The van der Waals surface area contributed by atoms with E-state index in [-0.39, 0.29) is 16.7 Å². The Morgan fingerprint density at radius 1 is 1.00 bits per heavy atom. The Kier molecular flexibility index (Phi) is 6.40. The van der Waals surface area contributed by atoms with Crippen LogP contribution in [0.2, 0.25) is 0 Å². The number of phenolic OH excluding ortho intramolecular Hbond substituents is 1. The van der Waals surface area contributed by atoms with Crippen molar-refractivity contribution in [3.05, 3.63) is 121 Å². The van der Waals surface area contributed by atoms with Crippen molar-refractivity contribution in [1.29, 1.82) is 0 Å². The molecule has 3 aromatic carbocycles. The number of aromatic amines is 1. The number of nitrogens with zero attached hydrogens (tertiary/aromatic N) is 2. The van der Waals surface area contributed by atoms with E-state index in [0.29, 0.717) is 16.6 Å². The lowest BCUT2D eigenvalue weighted by atomic mass is 10.1. The van der Waals surface area contributed by atoms with Crippen molar-refractivity contribution in [2.45, 2.75) is 0 Å². The highest BCUT2D eigenvalue weighted by atomic mass is 16.6. The Morgan fingerprint density at radius 3 is 2.38 bits per heavy atom. The van der Waals surface area contributed by atoms with Gasteiger partial charge in [0, 0.05) is 17.7 Å². The largest absolute Gasteiger partial charge is 0.507 e. The summed E-state index contributed by atoms with van der Waals surface area (Å²) < 4.78 is 6.37. The van der Waals surface area contributed by atoms with Crippen LogP contribution >= 0.6 is 0 Å². The maximum Gasteiger partial charge on any atom is 0.279 e. The molecule has 0 bridgehead atoms. The van der Waals surface area contributed by atoms with E-state index in [2.05, 4.69) is 5.10 Å². The summed E-state index contributed by atoms with van der Waals surface area (Å²) in [5.41, 5.74) is 2.27. The second kappa shape index (κ2) is 9.74. The van der Waals surface area contributed by atoms with Crippen LogP contribution in [-0.2, 0) is 4.74 Å². The first-order valence-corrected chi connectivity index (χ1v) is 10.3. The standard InChI is InChI=1S/C26H21N3O5/c1-34-17-24-23(26(31)28(27-24)21-10-12-22(13-11-21)29(32)33)16-20-15-19(9-14-25(20)30)8-7-18-5-3-2-4-6-18/h2-17,27,30H,1H3. The first-order valence-electron chi connectivity index (χ1n) is 10.3. The summed E-state index contributed by atoms with van der Waals surface area (Å²) in [6.07, 6.45) is 6.82. The van der Waals surface area contributed by atoms with Gasteiger partial charge in [-0.1, -0.05) is 48.6 Å². The molecule has 4 rings (SSSR count). The van der Waals surface area contributed by atoms with Crippen molar-refractivity contribution in [1.82, 2.24) is 9.78 Å². The lowest BCUT2D eigenvalue weighted by Gasteiger charge is -2.01. The highest BCUT2D eigenvalue weighted by molar-refractivity contribution is 5.72. The molecule has 1 heterocycles. The number of nitrogens with one attached hydrogen (secondary N) is 1. The molecule has 0 saturated carbocycles. The molecule has 1 aromatic heterocycles. The van der Waals surface area contributed by atoms with E-state index in [4.69, 9.17) is 4.74 Å². The highest BCUT2D eigenvalue weighted by Crippen LogP contribution is 2.20. The van der Waals surface area contributed by atoms with Crippen LogP contribution in [0.4, 0.5) is 5.69 Å². The molecule has 0 aliphatic heterocycles. The first-order chi connectivity index (χ1) is 16.5. The summed E-state index contributed by atoms with van der Waals surface area (Å²) in [6.45, 7) is 0. The predicted octanol–water partition coefficient (Wildman–Crippen LogP) is 3.16. The van der Waals surface area contributed by atoms with E-state index in [1.807, 2.05) is 42.5 Å². The number of hydrogen-bond donors (Lipinski definition) is 2. The summed E-state index contributed by atoms with van der Waals surface area (Å²) in [4.78, 5) is 23.6. The summed E-state index contributed by atoms with van der Waals surface area (Å²) >= 11 is 0. The lowest BCUT2D eigenvalue weighted by Crippen LogP contribution is -2.34. The molecule has 0 saturated heterocycles. The third-order valence-corrected chi connectivity index (χ3v) is 5.13. The fourth-order valence-corrected chi connectivity index (χ4v) is 3.42. The van der Waals surface area contributed by atoms with Crippen LogP contribution in [0.15, 0.2) is 77.6 Å². The molecule has 0 radical (unpaired) electrons. The molecule has 0 fully saturated rings. The van der Waals surface area contributed by atoms with Gasteiger partial charge in [-0.2, -0.15) is 0 Å². The molecule has 0 atom stereocenters. The topological polar surface area (TPSA) is 110 Å². The Hall–Kier alpha value is -4.85. The number of methoxy groups -OCH3 is 1. The van der Waals surface area contributed by atoms with Gasteiger partial charge >= 0.3 is 0 Å². The average Bonchev–Trinajstić information content (AvgIpc) is 3.15. The molecule has 0 aliphatic rings. The monoisotopic (exact) mass is 455 g/mol. The molecular formula is C26H21N3O5. The van der Waals surface area contributed by atoms with E-state index < -0.39 is 10.5 Å². The maximum atomic E-state index is 13.2. The fourth-order valence-electron chi connectivity index (χ4n) is 3.42. The SMILES string of the molecule is COC=c1[nH]n(-c2ccc([N+](=O)[O-])cc2)c(=O)c1=Cc1cc(C=Cc2ccccc2)ccc1O. The van der Waals surface area contributed by atoms with Crippen molar-refractivity contribution in [3.63, 3.8) is 0 Å². The Balaban J connectivity index is 1.80. The zero-order valence-corrected chi connectivity index (χ0v) is 18.2. The smallest absolute Gasteiger partial charge is 0.279 e. The summed E-state index contributed by atoms with van der Waals surface area (Å²) in [7, 11) is 1.46.